The second-order valence-corrected chi connectivity index (χ2v) is 8.70. The van der Waals surface area contributed by atoms with Crippen LogP contribution in [-0.4, -0.2) is 53.8 Å². The van der Waals surface area contributed by atoms with Crippen molar-refractivity contribution in [1.29, 1.82) is 0 Å². The Balaban J connectivity index is 1.83. The van der Waals surface area contributed by atoms with E-state index in [0.717, 1.165) is 19.7 Å². The summed E-state index contributed by atoms with van der Waals surface area (Å²) < 4.78 is 6.06. The zero-order valence-electron chi connectivity index (χ0n) is 13.1. The highest BCUT2D eigenvalue weighted by atomic mass is 32.2. The van der Waals surface area contributed by atoms with E-state index in [4.69, 9.17) is 10.5 Å². The van der Waals surface area contributed by atoms with Crippen LogP contribution >= 0.6 is 11.8 Å². The van der Waals surface area contributed by atoms with Gasteiger partial charge in [-0.3, -0.25) is 4.90 Å². The average molecular weight is 298 g/mol. The number of fused-ring (bicyclic) bond motifs is 1. The summed E-state index contributed by atoms with van der Waals surface area (Å²) in [6.07, 6.45) is 6.96. The van der Waals surface area contributed by atoms with Crippen LogP contribution in [0.4, 0.5) is 0 Å². The van der Waals surface area contributed by atoms with Gasteiger partial charge in [0.2, 0.25) is 0 Å². The highest BCUT2D eigenvalue weighted by Gasteiger charge is 2.49. The molecule has 3 nitrogen and oxygen atoms in total. The summed E-state index contributed by atoms with van der Waals surface area (Å²) >= 11 is 2.10. The molecule has 116 valence electrons. The van der Waals surface area contributed by atoms with Crippen LogP contribution in [-0.2, 0) is 4.74 Å². The summed E-state index contributed by atoms with van der Waals surface area (Å²) in [5.41, 5.74) is 6.93. The second kappa shape index (κ2) is 5.79. The van der Waals surface area contributed by atoms with Crippen molar-refractivity contribution in [2.24, 2.45) is 11.1 Å². The molecule has 0 aromatic rings. The maximum atomic E-state index is 6.32. The van der Waals surface area contributed by atoms with Crippen LogP contribution in [0.15, 0.2) is 0 Å². The molecule has 3 unspecified atom stereocenters. The van der Waals surface area contributed by atoms with E-state index < -0.39 is 0 Å². The van der Waals surface area contributed by atoms with Crippen molar-refractivity contribution in [1.82, 2.24) is 4.90 Å². The summed E-state index contributed by atoms with van der Waals surface area (Å²) in [5.74, 6) is 2.48. The molecule has 0 aromatic carbocycles. The molecular formula is C16H30N2OS. The smallest absolute Gasteiger partial charge is 0.0731 e. The summed E-state index contributed by atoms with van der Waals surface area (Å²) in [5, 5.41) is 0. The van der Waals surface area contributed by atoms with Gasteiger partial charge in [-0.05, 0) is 30.4 Å². The molecule has 1 saturated carbocycles. The first-order valence-electron chi connectivity index (χ1n) is 8.23. The Morgan fingerprint density at radius 2 is 2.05 bits per heavy atom. The molecule has 2 aliphatic heterocycles. The average Bonchev–Trinajstić information content (AvgIpc) is 2.45. The molecule has 3 aliphatic rings. The van der Waals surface area contributed by atoms with E-state index in [1.54, 1.807) is 0 Å². The first-order chi connectivity index (χ1) is 9.56. The number of nitrogens with two attached hydrogens (primary N) is 1. The minimum absolute atomic E-state index is 0.205. The number of thioether (sulfide) groups is 1. The van der Waals surface area contributed by atoms with E-state index in [-0.39, 0.29) is 5.54 Å². The maximum Gasteiger partial charge on any atom is 0.0731 e. The lowest BCUT2D eigenvalue weighted by molar-refractivity contribution is -0.127. The van der Waals surface area contributed by atoms with E-state index in [1.165, 1.54) is 43.6 Å². The zero-order valence-corrected chi connectivity index (χ0v) is 13.9. The Morgan fingerprint density at radius 3 is 2.80 bits per heavy atom. The lowest BCUT2D eigenvalue weighted by Crippen LogP contribution is -2.67. The molecule has 1 aliphatic carbocycles. The monoisotopic (exact) mass is 298 g/mol. The fraction of sp³-hybridized carbons (Fsp3) is 1.00. The van der Waals surface area contributed by atoms with Gasteiger partial charge >= 0.3 is 0 Å². The van der Waals surface area contributed by atoms with Gasteiger partial charge in [0, 0.05) is 30.4 Å². The highest BCUT2D eigenvalue weighted by Crippen LogP contribution is 2.44. The topological polar surface area (TPSA) is 38.5 Å². The molecule has 2 saturated heterocycles. The van der Waals surface area contributed by atoms with Crippen molar-refractivity contribution in [2.75, 3.05) is 31.2 Å². The number of morpholine rings is 1. The molecule has 0 aromatic heterocycles. The SMILES string of the molecule is CC1(C)CSCC(CN)(N2CCOC3CCCCC32)C1. The van der Waals surface area contributed by atoms with Crippen LogP contribution in [0.5, 0.6) is 0 Å². The number of ether oxygens (including phenoxy) is 1. The molecule has 3 atom stereocenters. The minimum atomic E-state index is 0.205. The lowest BCUT2D eigenvalue weighted by atomic mass is 9.76. The van der Waals surface area contributed by atoms with E-state index >= 15 is 0 Å². The first kappa shape index (κ1) is 15.1. The quantitative estimate of drug-likeness (QED) is 0.850. The third-order valence-electron chi connectivity index (χ3n) is 5.39. The van der Waals surface area contributed by atoms with Gasteiger partial charge < -0.3 is 10.5 Å². The molecule has 4 heteroatoms. The van der Waals surface area contributed by atoms with Gasteiger partial charge in [0.1, 0.15) is 0 Å². The van der Waals surface area contributed by atoms with E-state index in [9.17, 15) is 0 Å². The maximum absolute atomic E-state index is 6.32. The molecule has 2 heterocycles. The van der Waals surface area contributed by atoms with E-state index in [2.05, 4.69) is 30.5 Å². The second-order valence-electron chi connectivity index (χ2n) is 7.72. The molecule has 20 heavy (non-hydrogen) atoms. The minimum Gasteiger partial charge on any atom is -0.375 e. The Hall–Kier alpha value is 0.230. The summed E-state index contributed by atoms with van der Waals surface area (Å²) in [4.78, 5) is 2.77. The Kier molecular flexibility index (Phi) is 4.38. The van der Waals surface area contributed by atoms with Crippen molar-refractivity contribution >= 4 is 11.8 Å². The number of nitrogens with zero attached hydrogens (tertiary/aromatic N) is 1. The van der Waals surface area contributed by atoms with Crippen LogP contribution in [0.2, 0.25) is 0 Å². The molecule has 3 rings (SSSR count). The molecule has 0 spiro atoms. The van der Waals surface area contributed by atoms with Gasteiger partial charge in [0.25, 0.3) is 0 Å². The summed E-state index contributed by atoms with van der Waals surface area (Å²) in [6, 6.07) is 0.621. The highest BCUT2D eigenvalue weighted by molar-refractivity contribution is 7.99. The molecule has 0 bridgehead atoms. The number of hydrogen-bond donors (Lipinski definition) is 1. The van der Waals surface area contributed by atoms with Crippen LogP contribution < -0.4 is 5.73 Å². The van der Waals surface area contributed by atoms with Crippen molar-refractivity contribution in [3.63, 3.8) is 0 Å². The van der Waals surface area contributed by atoms with Gasteiger partial charge in [-0.1, -0.05) is 26.7 Å². The lowest BCUT2D eigenvalue weighted by Gasteiger charge is -2.57. The van der Waals surface area contributed by atoms with Crippen molar-refractivity contribution in [3.8, 4) is 0 Å². The molecule has 2 N–H and O–H groups in total. The van der Waals surface area contributed by atoms with Crippen LogP contribution in [0.25, 0.3) is 0 Å². The van der Waals surface area contributed by atoms with E-state index in [1.807, 2.05) is 0 Å². The first-order valence-corrected chi connectivity index (χ1v) is 9.38. The van der Waals surface area contributed by atoms with Crippen molar-refractivity contribution < 1.29 is 4.74 Å². The van der Waals surface area contributed by atoms with Gasteiger partial charge in [-0.15, -0.1) is 0 Å². The Morgan fingerprint density at radius 1 is 1.25 bits per heavy atom. The van der Waals surface area contributed by atoms with Crippen molar-refractivity contribution in [2.45, 2.75) is 63.6 Å². The molecular weight excluding hydrogens is 268 g/mol. The predicted molar refractivity (Wildman–Crippen MR) is 86.2 cm³/mol. The predicted octanol–water partition coefficient (Wildman–Crippen LogP) is 2.49. The number of hydrogen-bond acceptors (Lipinski definition) is 4. The fourth-order valence-corrected chi connectivity index (χ4v) is 6.15. The Labute approximate surface area is 128 Å². The van der Waals surface area contributed by atoms with Gasteiger partial charge in [0.15, 0.2) is 0 Å². The van der Waals surface area contributed by atoms with Crippen LogP contribution in [0.3, 0.4) is 0 Å². The summed E-state index contributed by atoms with van der Waals surface area (Å²) in [7, 11) is 0. The van der Waals surface area contributed by atoms with E-state index in [0.29, 0.717) is 17.6 Å². The van der Waals surface area contributed by atoms with Crippen LogP contribution in [0.1, 0.15) is 46.0 Å². The summed E-state index contributed by atoms with van der Waals surface area (Å²) in [6.45, 7) is 7.58. The van der Waals surface area contributed by atoms with Gasteiger partial charge in [-0.25, -0.2) is 0 Å². The van der Waals surface area contributed by atoms with Gasteiger partial charge in [-0.2, -0.15) is 11.8 Å². The zero-order chi connectivity index (χ0) is 14.2. The molecule has 3 fully saturated rings. The number of rotatable bonds is 2. The van der Waals surface area contributed by atoms with Gasteiger partial charge in [0.05, 0.1) is 12.7 Å². The standard InChI is InChI=1S/C16H30N2OS/c1-15(2)9-16(10-17,12-20-11-15)18-7-8-19-14-6-4-3-5-13(14)18/h13-14H,3-12,17H2,1-2H3. The third kappa shape index (κ3) is 2.77. The Bertz CT molecular complexity index is 347. The largest absolute Gasteiger partial charge is 0.375 e. The fourth-order valence-electron chi connectivity index (χ4n) is 4.63. The van der Waals surface area contributed by atoms with Crippen molar-refractivity contribution in [3.05, 3.63) is 0 Å². The normalized spacial score (nSPS) is 42.1. The van der Waals surface area contributed by atoms with Crippen LogP contribution in [0, 0.1) is 5.41 Å². The third-order valence-corrected chi connectivity index (χ3v) is 7.12. The molecule has 0 radical (unpaired) electrons. The molecule has 0 amide bonds.